The number of aryl methyl sites for hydroxylation is 1. The zero-order chi connectivity index (χ0) is 15.5. The van der Waals surface area contributed by atoms with E-state index in [-0.39, 0.29) is 16.7 Å². The van der Waals surface area contributed by atoms with Crippen molar-refractivity contribution in [3.05, 3.63) is 65.5 Å². The van der Waals surface area contributed by atoms with Crippen LogP contribution in [0.5, 0.6) is 0 Å². The Bertz CT molecular complexity index is 711. The van der Waals surface area contributed by atoms with E-state index in [1.165, 1.54) is 18.2 Å². The van der Waals surface area contributed by atoms with Crippen molar-refractivity contribution in [1.29, 1.82) is 0 Å². The Balaban J connectivity index is 2.27. The van der Waals surface area contributed by atoms with Gasteiger partial charge in [0.1, 0.15) is 5.82 Å². The van der Waals surface area contributed by atoms with Gasteiger partial charge in [-0.05, 0) is 37.7 Å². The molecule has 2 aromatic rings. The number of sulfone groups is 1. The summed E-state index contributed by atoms with van der Waals surface area (Å²) in [5.74, 6) is -0.664. The summed E-state index contributed by atoms with van der Waals surface area (Å²) in [4.78, 5) is 0.00913. The number of benzene rings is 2. The molecule has 1 N–H and O–H groups in total. The molecule has 0 saturated heterocycles. The van der Waals surface area contributed by atoms with Gasteiger partial charge in [-0.3, -0.25) is 0 Å². The Morgan fingerprint density at radius 3 is 2.38 bits per heavy atom. The van der Waals surface area contributed by atoms with Gasteiger partial charge in [-0.25, -0.2) is 12.8 Å². The molecule has 0 saturated carbocycles. The first kappa shape index (κ1) is 15.7. The molecule has 0 bridgehead atoms. The van der Waals surface area contributed by atoms with Crippen molar-refractivity contribution in [2.24, 2.45) is 0 Å². The molecule has 0 spiro atoms. The van der Waals surface area contributed by atoms with E-state index < -0.39 is 15.7 Å². The average Bonchev–Trinajstić information content (AvgIpc) is 2.46. The minimum atomic E-state index is -3.55. The fourth-order valence-electron chi connectivity index (χ4n) is 2.12. The van der Waals surface area contributed by atoms with Crippen LogP contribution >= 0.6 is 0 Å². The maximum atomic E-state index is 13.2. The largest absolute Gasteiger partial charge is 0.312 e. The molecule has 0 radical (unpaired) electrons. The summed E-state index contributed by atoms with van der Waals surface area (Å²) >= 11 is 0. The summed E-state index contributed by atoms with van der Waals surface area (Å²) in [6.45, 7) is 1.97. The van der Waals surface area contributed by atoms with E-state index >= 15 is 0 Å². The minimum absolute atomic E-state index is 0.00913. The lowest BCUT2D eigenvalue weighted by Gasteiger charge is -2.17. The Kier molecular flexibility index (Phi) is 4.75. The smallest absolute Gasteiger partial charge is 0.180 e. The molecule has 5 heteroatoms. The van der Waals surface area contributed by atoms with Gasteiger partial charge in [0.15, 0.2) is 9.84 Å². The van der Waals surface area contributed by atoms with Gasteiger partial charge in [-0.1, -0.05) is 35.9 Å². The number of nitrogens with one attached hydrogen (secondary N) is 1. The summed E-state index contributed by atoms with van der Waals surface area (Å²) in [5, 5.41) is 3.01. The van der Waals surface area contributed by atoms with E-state index in [4.69, 9.17) is 0 Å². The first-order valence-corrected chi connectivity index (χ1v) is 8.30. The molecule has 0 aliphatic rings. The molecule has 2 rings (SSSR count). The quantitative estimate of drug-likeness (QED) is 0.924. The van der Waals surface area contributed by atoms with Gasteiger partial charge in [0, 0.05) is 6.04 Å². The number of hydrogen-bond acceptors (Lipinski definition) is 3. The molecule has 0 aliphatic heterocycles. The van der Waals surface area contributed by atoms with Crippen LogP contribution in [-0.2, 0) is 9.84 Å². The van der Waals surface area contributed by atoms with Gasteiger partial charge in [-0.2, -0.15) is 0 Å². The van der Waals surface area contributed by atoms with Crippen LogP contribution in [0.2, 0.25) is 0 Å². The number of halogens is 1. The standard InChI is InChI=1S/C16H18FNO2S/c1-12-6-8-13(9-7-12)16(18-2)11-21(19,20)15-5-3-4-14(17)10-15/h3-10,16,18H,11H2,1-2H3. The lowest BCUT2D eigenvalue weighted by atomic mass is 10.1. The molecule has 0 aromatic heterocycles. The van der Waals surface area contributed by atoms with Crippen LogP contribution in [0.25, 0.3) is 0 Å². The van der Waals surface area contributed by atoms with Gasteiger partial charge < -0.3 is 5.32 Å². The molecule has 0 amide bonds. The molecule has 3 nitrogen and oxygen atoms in total. The Hall–Kier alpha value is -1.72. The van der Waals surface area contributed by atoms with Crippen molar-refractivity contribution < 1.29 is 12.8 Å². The summed E-state index contributed by atoms with van der Waals surface area (Å²) in [7, 11) is -1.84. The monoisotopic (exact) mass is 307 g/mol. The molecule has 0 heterocycles. The van der Waals surface area contributed by atoms with E-state index in [9.17, 15) is 12.8 Å². The van der Waals surface area contributed by atoms with Crippen molar-refractivity contribution in [3.63, 3.8) is 0 Å². The predicted molar refractivity (Wildman–Crippen MR) is 81.4 cm³/mol. The highest BCUT2D eigenvalue weighted by molar-refractivity contribution is 7.91. The van der Waals surface area contributed by atoms with Crippen LogP contribution in [0.1, 0.15) is 17.2 Å². The maximum Gasteiger partial charge on any atom is 0.180 e. The number of rotatable bonds is 5. The van der Waals surface area contributed by atoms with Crippen molar-refractivity contribution in [1.82, 2.24) is 5.32 Å². The van der Waals surface area contributed by atoms with E-state index in [1.54, 1.807) is 7.05 Å². The van der Waals surface area contributed by atoms with Gasteiger partial charge >= 0.3 is 0 Å². The summed E-state index contributed by atoms with van der Waals surface area (Å²) in [6.07, 6.45) is 0. The highest BCUT2D eigenvalue weighted by Crippen LogP contribution is 2.20. The summed E-state index contributed by atoms with van der Waals surface area (Å²) < 4.78 is 38.0. The zero-order valence-electron chi connectivity index (χ0n) is 12.0. The Labute approximate surface area is 124 Å². The Morgan fingerprint density at radius 1 is 1.14 bits per heavy atom. The highest BCUT2D eigenvalue weighted by Gasteiger charge is 2.21. The lowest BCUT2D eigenvalue weighted by Crippen LogP contribution is -2.25. The highest BCUT2D eigenvalue weighted by atomic mass is 32.2. The van der Waals surface area contributed by atoms with Crippen LogP contribution in [0.3, 0.4) is 0 Å². The number of hydrogen-bond donors (Lipinski definition) is 1. The minimum Gasteiger partial charge on any atom is -0.312 e. The maximum absolute atomic E-state index is 13.2. The second-order valence-corrected chi connectivity index (χ2v) is 7.02. The second-order valence-electron chi connectivity index (χ2n) is 4.99. The van der Waals surface area contributed by atoms with Crippen molar-refractivity contribution >= 4 is 9.84 Å². The molecule has 1 atom stereocenters. The van der Waals surface area contributed by atoms with Crippen LogP contribution in [-0.4, -0.2) is 21.2 Å². The average molecular weight is 307 g/mol. The third-order valence-corrected chi connectivity index (χ3v) is 5.11. The molecule has 1 unspecified atom stereocenters. The topological polar surface area (TPSA) is 46.2 Å². The van der Waals surface area contributed by atoms with Crippen LogP contribution in [0.4, 0.5) is 4.39 Å². The van der Waals surface area contributed by atoms with Crippen LogP contribution < -0.4 is 5.32 Å². The van der Waals surface area contributed by atoms with E-state index in [1.807, 2.05) is 31.2 Å². The van der Waals surface area contributed by atoms with Crippen LogP contribution in [0.15, 0.2) is 53.4 Å². The third kappa shape index (κ3) is 3.89. The molecule has 112 valence electrons. The molecule has 21 heavy (non-hydrogen) atoms. The summed E-state index contributed by atoms with van der Waals surface area (Å²) in [6, 6.07) is 12.4. The van der Waals surface area contributed by atoms with Crippen molar-refractivity contribution in [2.45, 2.75) is 17.9 Å². The lowest BCUT2D eigenvalue weighted by molar-refractivity contribution is 0.571. The zero-order valence-corrected chi connectivity index (χ0v) is 12.8. The first-order chi connectivity index (χ1) is 9.92. The van der Waals surface area contributed by atoms with Crippen molar-refractivity contribution in [2.75, 3.05) is 12.8 Å². The van der Waals surface area contributed by atoms with Gasteiger partial charge in [0.2, 0.25) is 0 Å². The van der Waals surface area contributed by atoms with E-state index in [0.29, 0.717) is 0 Å². The van der Waals surface area contributed by atoms with Gasteiger partial charge in [0.25, 0.3) is 0 Å². The predicted octanol–water partition coefficient (Wildman–Crippen LogP) is 2.87. The Morgan fingerprint density at radius 2 is 1.81 bits per heavy atom. The van der Waals surface area contributed by atoms with Crippen molar-refractivity contribution in [3.8, 4) is 0 Å². The molecular formula is C16H18FNO2S. The van der Waals surface area contributed by atoms with E-state index in [2.05, 4.69) is 5.32 Å². The molecule has 2 aromatic carbocycles. The molecule has 0 fully saturated rings. The van der Waals surface area contributed by atoms with Gasteiger partial charge in [-0.15, -0.1) is 0 Å². The fraction of sp³-hybridized carbons (Fsp3) is 0.250. The normalized spacial score (nSPS) is 13.1. The fourth-order valence-corrected chi connectivity index (χ4v) is 3.69. The SMILES string of the molecule is CNC(CS(=O)(=O)c1cccc(F)c1)c1ccc(C)cc1. The summed E-state index contributed by atoms with van der Waals surface area (Å²) in [5.41, 5.74) is 2.00. The van der Waals surface area contributed by atoms with Gasteiger partial charge in [0.05, 0.1) is 10.6 Å². The third-order valence-electron chi connectivity index (χ3n) is 3.37. The van der Waals surface area contributed by atoms with E-state index in [0.717, 1.165) is 17.2 Å². The molecule has 0 aliphatic carbocycles. The first-order valence-electron chi connectivity index (χ1n) is 6.64. The van der Waals surface area contributed by atoms with Crippen LogP contribution in [0, 0.1) is 12.7 Å². The molecular weight excluding hydrogens is 289 g/mol. The second kappa shape index (κ2) is 6.37.